The van der Waals surface area contributed by atoms with Crippen LogP contribution < -0.4 is 5.73 Å². The zero-order chi connectivity index (χ0) is 9.31. The second-order valence-corrected chi connectivity index (χ2v) is 4.43. The van der Waals surface area contributed by atoms with E-state index >= 15 is 0 Å². The molecule has 0 aromatic carbocycles. The van der Waals surface area contributed by atoms with Crippen molar-refractivity contribution in [2.75, 3.05) is 13.2 Å². The van der Waals surface area contributed by atoms with Gasteiger partial charge in [-0.2, -0.15) is 0 Å². The third-order valence-corrected chi connectivity index (χ3v) is 3.56. The number of nitrogens with two attached hydrogens (primary N) is 1. The molecule has 1 saturated heterocycles. The summed E-state index contributed by atoms with van der Waals surface area (Å²) in [4.78, 5) is 0. The Morgan fingerprint density at radius 2 is 2.08 bits per heavy atom. The summed E-state index contributed by atoms with van der Waals surface area (Å²) in [5, 5.41) is 9.13. The highest BCUT2D eigenvalue weighted by Crippen LogP contribution is 2.45. The van der Waals surface area contributed by atoms with Gasteiger partial charge in [-0.05, 0) is 25.8 Å². The summed E-state index contributed by atoms with van der Waals surface area (Å²) in [6.45, 7) is 0.774. The fourth-order valence-corrected chi connectivity index (χ4v) is 2.84. The summed E-state index contributed by atoms with van der Waals surface area (Å²) < 4.78 is 5.93. The molecule has 13 heavy (non-hydrogen) atoms. The third kappa shape index (κ3) is 1.60. The molecule has 0 bridgehead atoms. The first-order valence-corrected chi connectivity index (χ1v) is 5.28. The molecule has 76 valence electrons. The molecule has 2 fully saturated rings. The second kappa shape index (κ2) is 3.56. The van der Waals surface area contributed by atoms with Crippen molar-refractivity contribution in [3.8, 4) is 0 Å². The van der Waals surface area contributed by atoms with Crippen molar-refractivity contribution in [2.45, 2.75) is 43.8 Å². The Balaban J connectivity index is 2.03. The molecule has 1 aliphatic carbocycles. The van der Waals surface area contributed by atoms with Gasteiger partial charge in [0.15, 0.2) is 0 Å². The quantitative estimate of drug-likeness (QED) is 0.664. The normalized spacial score (nSPS) is 37.4. The monoisotopic (exact) mass is 185 g/mol. The van der Waals surface area contributed by atoms with E-state index in [-0.39, 0.29) is 18.3 Å². The highest BCUT2D eigenvalue weighted by molar-refractivity contribution is 4.97. The maximum Gasteiger partial charge on any atom is 0.0854 e. The van der Waals surface area contributed by atoms with Gasteiger partial charge in [0.2, 0.25) is 0 Å². The SMILES string of the molecule is NC[C@@H]1CC2(CCCC2)O[C@H]1CO. The molecule has 0 aromatic rings. The molecule has 0 radical (unpaired) electrons. The molecule has 0 unspecified atom stereocenters. The third-order valence-electron chi connectivity index (χ3n) is 3.56. The average molecular weight is 185 g/mol. The number of aliphatic hydroxyl groups excluding tert-OH is 1. The Morgan fingerprint density at radius 3 is 2.54 bits per heavy atom. The van der Waals surface area contributed by atoms with Crippen LogP contribution in [0.2, 0.25) is 0 Å². The molecule has 1 spiro atoms. The smallest absolute Gasteiger partial charge is 0.0854 e. The molecule has 1 heterocycles. The Labute approximate surface area is 79.3 Å². The number of aliphatic hydroxyl groups is 1. The van der Waals surface area contributed by atoms with E-state index in [9.17, 15) is 0 Å². The van der Waals surface area contributed by atoms with E-state index in [1.54, 1.807) is 0 Å². The van der Waals surface area contributed by atoms with Crippen molar-refractivity contribution in [1.29, 1.82) is 0 Å². The topological polar surface area (TPSA) is 55.5 Å². The fraction of sp³-hybridized carbons (Fsp3) is 1.00. The van der Waals surface area contributed by atoms with Crippen molar-refractivity contribution >= 4 is 0 Å². The van der Waals surface area contributed by atoms with Crippen molar-refractivity contribution in [2.24, 2.45) is 11.7 Å². The van der Waals surface area contributed by atoms with Gasteiger partial charge in [-0.15, -0.1) is 0 Å². The minimum atomic E-state index is 0.00287. The summed E-state index contributed by atoms with van der Waals surface area (Å²) >= 11 is 0. The van der Waals surface area contributed by atoms with Gasteiger partial charge in [-0.1, -0.05) is 12.8 Å². The molecule has 1 aliphatic heterocycles. The Kier molecular flexibility index (Phi) is 2.58. The van der Waals surface area contributed by atoms with E-state index in [2.05, 4.69) is 0 Å². The number of hydrogen-bond donors (Lipinski definition) is 2. The Hall–Kier alpha value is -0.120. The average Bonchev–Trinajstić information content (AvgIpc) is 2.74. The van der Waals surface area contributed by atoms with E-state index in [1.807, 2.05) is 0 Å². The van der Waals surface area contributed by atoms with Gasteiger partial charge in [0.1, 0.15) is 0 Å². The summed E-state index contributed by atoms with van der Waals surface area (Å²) in [6, 6.07) is 0. The van der Waals surface area contributed by atoms with Crippen LogP contribution in [0.1, 0.15) is 32.1 Å². The van der Waals surface area contributed by atoms with Crippen molar-refractivity contribution < 1.29 is 9.84 Å². The zero-order valence-electron chi connectivity index (χ0n) is 8.04. The molecular weight excluding hydrogens is 166 g/mol. The van der Waals surface area contributed by atoms with Gasteiger partial charge in [-0.25, -0.2) is 0 Å². The fourth-order valence-electron chi connectivity index (χ4n) is 2.84. The van der Waals surface area contributed by atoms with Gasteiger partial charge >= 0.3 is 0 Å². The van der Waals surface area contributed by atoms with Gasteiger partial charge < -0.3 is 15.6 Å². The highest BCUT2D eigenvalue weighted by Gasteiger charge is 2.46. The van der Waals surface area contributed by atoms with Crippen LogP contribution in [0.5, 0.6) is 0 Å². The second-order valence-electron chi connectivity index (χ2n) is 4.43. The molecule has 3 nitrogen and oxygen atoms in total. The lowest BCUT2D eigenvalue weighted by Crippen LogP contribution is -2.27. The molecule has 0 amide bonds. The van der Waals surface area contributed by atoms with Crippen LogP contribution in [0.15, 0.2) is 0 Å². The molecule has 2 aliphatic rings. The summed E-state index contributed by atoms with van der Waals surface area (Å²) in [6.07, 6.45) is 5.95. The maximum atomic E-state index is 9.13. The molecule has 1 saturated carbocycles. The van der Waals surface area contributed by atoms with Crippen LogP contribution in [0.3, 0.4) is 0 Å². The Morgan fingerprint density at radius 1 is 1.38 bits per heavy atom. The molecule has 3 N–H and O–H groups in total. The van der Waals surface area contributed by atoms with Crippen LogP contribution >= 0.6 is 0 Å². The van der Waals surface area contributed by atoms with E-state index in [1.165, 1.54) is 25.7 Å². The predicted octanol–water partition coefficient (Wildman–Crippen LogP) is 0.655. The van der Waals surface area contributed by atoms with Crippen molar-refractivity contribution in [3.63, 3.8) is 0 Å². The first-order chi connectivity index (χ1) is 6.29. The lowest BCUT2D eigenvalue weighted by molar-refractivity contribution is -0.0597. The lowest BCUT2D eigenvalue weighted by atomic mass is 9.91. The maximum absolute atomic E-state index is 9.13. The van der Waals surface area contributed by atoms with E-state index in [0.29, 0.717) is 12.5 Å². The molecule has 3 heteroatoms. The van der Waals surface area contributed by atoms with Crippen LogP contribution in [0, 0.1) is 5.92 Å². The first kappa shape index (κ1) is 9.44. The van der Waals surface area contributed by atoms with Gasteiger partial charge in [0.05, 0.1) is 18.3 Å². The summed E-state index contributed by atoms with van der Waals surface area (Å²) in [5.74, 6) is 0.378. The van der Waals surface area contributed by atoms with E-state index < -0.39 is 0 Å². The standard InChI is InChI=1S/C10H19NO2/c11-6-8-5-10(3-1-2-4-10)13-9(8)7-12/h8-9,12H,1-7,11H2/t8-,9-/m0/s1. The van der Waals surface area contributed by atoms with Gasteiger partial charge in [-0.3, -0.25) is 0 Å². The largest absolute Gasteiger partial charge is 0.394 e. The van der Waals surface area contributed by atoms with Crippen LogP contribution in [0.4, 0.5) is 0 Å². The minimum absolute atomic E-state index is 0.00287. The number of rotatable bonds is 2. The van der Waals surface area contributed by atoms with Gasteiger partial charge in [0, 0.05) is 5.92 Å². The molecular formula is C10H19NO2. The number of hydrogen-bond acceptors (Lipinski definition) is 3. The van der Waals surface area contributed by atoms with E-state index in [0.717, 1.165) is 6.42 Å². The highest BCUT2D eigenvalue weighted by atomic mass is 16.5. The predicted molar refractivity (Wildman–Crippen MR) is 50.3 cm³/mol. The lowest BCUT2D eigenvalue weighted by Gasteiger charge is -2.22. The van der Waals surface area contributed by atoms with Crippen molar-refractivity contribution in [3.05, 3.63) is 0 Å². The van der Waals surface area contributed by atoms with E-state index in [4.69, 9.17) is 15.6 Å². The van der Waals surface area contributed by atoms with Crippen molar-refractivity contribution in [1.82, 2.24) is 0 Å². The molecule has 2 rings (SSSR count). The first-order valence-electron chi connectivity index (χ1n) is 5.28. The number of ether oxygens (including phenoxy) is 1. The van der Waals surface area contributed by atoms with Crippen LogP contribution in [-0.2, 0) is 4.74 Å². The molecule has 0 aromatic heterocycles. The van der Waals surface area contributed by atoms with Gasteiger partial charge in [0.25, 0.3) is 0 Å². The molecule has 2 atom stereocenters. The summed E-state index contributed by atoms with van der Waals surface area (Å²) in [7, 11) is 0. The summed E-state index contributed by atoms with van der Waals surface area (Å²) in [5.41, 5.74) is 5.75. The van der Waals surface area contributed by atoms with Crippen LogP contribution in [0.25, 0.3) is 0 Å². The Bertz CT molecular complexity index is 164. The zero-order valence-corrected chi connectivity index (χ0v) is 8.04. The minimum Gasteiger partial charge on any atom is -0.394 e. The van der Waals surface area contributed by atoms with Crippen LogP contribution in [-0.4, -0.2) is 30.0 Å².